The number of hydrogen-bond donors (Lipinski definition) is 0. The van der Waals surface area contributed by atoms with Crippen LogP contribution in [-0.2, 0) is 16.3 Å². The van der Waals surface area contributed by atoms with Gasteiger partial charge in [-0.15, -0.1) is 0 Å². The van der Waals surface area contributed by atoms with Crippen LogP contribution in [-0.4, -0.2) is 34.4 Å². The maximum absolute atomic E-state index is 11.5. The first-order valence-corrected chi connectivity index (χ1v) is 8.38. The average Bonchev–Trinajstić information content (AvgIpc) is 2.89. The van der Waals surface area contributed by atoms with Gasteiger partial charge in [0, 0.05) is 18.9 Å². The lowest BCUT2D eigenvalue weighted by Gasteiger charge is -2.05. The fraction of sp³-hybridized carbons (Fsp3) is 0.214. The van der Waals surface area contributed by atoms with Crippen molar-refractivity contribution in [2.45, 2.75) is 18.2 Å². The Bertz CT molecular complexity index is 898. The Balaban J connectivity index is 2.12. The lowest BCUT2D eigenvalue weighted by atomic mass is 10.3. The molecule has 3 rings (SSSR count). The Morgan fingerprint density at radius 1 is 1.14 bits per heavy atom. The second-order valence-corrected chi connectivity index (χ2v) is 6.76. The molecule has 108 valence electrons. The highest BCUT2D eigenvalue weighted by Crippen LogP contribution is 2.18. The van der Waals surface area contributed by atoms with Crippen LogP contribution in [0.5, 0.6) is 0 Å². The second kappa shape index (κ2) is 4.92. The molecular weight excluding hydrogens is 288 g/mol. The summed E-state index contributed by atoms with van der Waals surface area (Å²) >= 11 is 0. The van der Waals surface area contributed by atoms with E-state index >= 15 is 0 Å². The number of aryl methyl sites for hydroxylation is 1. The van der Waals surface area contributed by atoms with E-state index in [1.807, 2.05) is 6.92 Å². The molecule has 0 fully saturated rings. The second-order valence-electron chi connectivity index (χ2n) is 4.74. The summed E-state index contributed by atoms with van der Waals surface area (Å²) in [5.74, 6) is 0.747. The Hall–Kier alpha value is -2.28. The number of hydrogen-bond acceptors (Lipinski definition) is 5. The molecule has 21 heavy (non-hydrogen) atoms. The largest absolute Gasteiger partial charge is 0.241 e. The van der Waals surface area contributed by atoms with E-state index in [4.69, 9.17) is 0 Å². The zero-order valence-electron chi connectivity index (χ0n) is 11.7. The van der Waals surface area contributed by atoms with Crippen molar-refractivity contribution in [3.05, 3.63) is 42.5 Å². The summed E-state index contributed by atoms with van der Waals surface area (Å²) in [6.07, 6.45) is 5.37. The van der Waals surface area contributed by atoms with Gasteiger partial charge in [0.1, 0.15) is 5.82 Å². The summed E-state index contributed by atoms with van der Waals surface area (Å²) in [5.41, 5.74) is 1.48. The Morgan fingerprint density at radius 3 is 2.48 bits per heavy atom. The van der Waals surface area contributed by atoms with Gasteiger partial charge < -0.3 is 0 Å². The molecule has 2 aromatic heterocycles. The minimum absolute atomic E-state index is 0.284. The molecule has 6 nitrogen and oxygen atoms in total. The molecule has 0 saturated heterocycles. The molecule has 0 unspecified atom stereocenters. The molecule has 3 aromatic rings. The first-order valence-electron chi connectivity index (χ1n) is 6.49. The summed E-state index contributed by atoms with van der Waals surface area (Å²) in [4.78, 5) is 8.99. The van der Waals surface area contributed by atoms with E-state index in [9.17, 15) is 8.42 Å². The van der Waals surface area contributed by atoms with Gasteiger partial charge in [0.25, 0.3) is 0 Å². The van der Waals surface area contributed by atoms with Gasteiger partial charge in [-0.2, -0.15) is 5.10 Å². The van der Waals surface area contributed by atoms with Crippen LogP contribution in [0.4, 0.5) is 0 Å². The van der Waals surface area contributed by atoms with E-state index < -0.39 is 9.84 Å². The summed E-state index contributed by atoms with van der Waals surface area (Å²) in [5, 5.41) is 5.14. The monoisotopic (exact) mass is 302 g/mol. The van der Waals surface area contributed by atoms with Crippen LogP contribution in [0, 0.1) is 0 Å². The Labute approximate surface area is 122 Å². The SMILES string of the molecule is CCc1ncc2cnn(-c3ccc(S(C)(=O)=O)cc3)c2n1. The van der Waals surface area contributed by atoms with Crippen molar-refractivity contribution in [2.24, 2.45) is 0 Å². The van der Waals surface area contributed by atoms with Crippen LogP contribution < -0.4 is 0 Å². The van der Waals surface area contributed by atoms with Gasteiger partial charge in [0.15, 0.2) is 15.5 Å². The Morgan fingerprint density at radius 2 is 1.86 bits per heavy atom. The van der Waals surface area contributed by atoms with Crippen LogP contribution in [0.15, 0.2) is 41.6 Å². The van der Waals surface area contributed by atoms with Gasteiger partial charge in [-0.05, 0) is 24.3 Å². The third kappa shape index (κ3) is 2.52. The molecule has 0 spiro atoms. The summed E-state index contributed by atoms with van der Waals surface area (Å²) in [6, 6.07) is 6.58. The van der Waals surface area contributed by atoms with Crippen molar-refractivity contribution in [3.8, 4) is 5.69 Å². The number of aromatic nitrogens is 4. The van der Waals surface area contributed by atoms with Crippen LogP contribution in [0.25, 0.3) is 16.7 Å². The zero-order chi connectivity index (χ0) is 15.0. The zero-order valence-corrected chi connectivity index (χ0v) is 12.5. The van der Waals surface area contributed by atoms with Crippen LogP contribution >= 0.6 is 0 Å². The Kier molecular flexibility index (Phi) is 3.21. The standard InChI is InChI=1S/C14H14N4O2S/c1-3-13-15-8-10-9-16-18(14(10)17-13)11-4-6-12(7-5-11)21(2,19)20/h4-9H,3H2,1-2H3. The minimum atomic E-state index is -3.20. The van der Waals surface area contributed by atoms with Crippen molar-refractivity contribution < 1.29 is 8.42 Å². The average molecular weight is 302 g/mol. The topological polar surface area (TPSA) is 77.7 Å². The molecule has 0 radical (unpaired) electrons. The number of fused-ring (bicyclic) bond motifs is 1. The normalized spacial score (nSPS) is 11.9. The molecule has 1 aromatic carbocycles. The van der Waals surface area contributed by atoms with Gasteiger partial charge in [0.2, 0.25) is 0 Å². The lowest BCUT2D eigenvalue weighted by molar-refractivity contribution is 0.602. The lowest BCUT2D eigenvalue weighted by Crippen LogP contribution is -2.02. The van der Waals surface area contributed by atoms with Gasteiger partial charge in [-0.3, -0.25) is 0 Å². The highest BCUT2D eigenvalue weighted by atomic mass is 32.2. The van der Waals surface area contributed by atoms with E-state index in [1.165, 1.54) is 6.26 Å². The predicted octanol–water partition coefficient (Wildman–Crippen LogP) is 1.78. The highest BCUT2D eigenvalue weighted by Gasteiger charge is 2.10. The number of sulfone groups is 1. The van der Waals surface area contributed by atoms with Crippen molar-refractivity contribution in [2.75, 3.05) is 6.26 Å². The fourth-order valence-corrected chi connectivity index (χ4v) is 2.68. The molecule has 0 N–H and O–H groups in total. The first kappa shape index (κ1) is 13.7. The molecule has 0 aliphatic carbocycles. The van der Waals surface area contributed by atoms with Gasteiger partial charge in [-0.1, -0.05) is 6.92 Å². The molecule has 0 amide bonds. The number of benzene rings is 1. The number of nitrogens with zero attached hydrogens (tertiary/aromatic N) is 4. The summed E-state index contributed by atoms with van der Waals surface area (Å²) < 4.78 is 24.6. The van der Waals surface area contributed by atoms with E-state index in [0.29, 0.717) is 5.65 Å². The molecule has 0 bridgehead atoms. The van der Waals surface area contributed by atoms with Crippen molar-refractivity contribution in [1.82, 2.24) is 19.7 Å². The molecule has 0 saturated carbocycles. The molecular formula is C14H14N4O2S. The van der Waals surface area contributed by atoms with E-state index in [1.54, 1.807) is 41.3 Å². The van der Waals surface area contributed by atoms with Crippen molar-refractivity contribution >= 4 is 20.9 Å². The third-order valence-corrected chi connectivity index (χ3v) is 4.31. The van der Waals surface area contributed by atoms with E-state index in [0.717, 1.165) is 23.3 Å². The third-order valence-electron chi connectivity index (χ3n) is 3.18. The molecule has 2 heterocycles. The van der Waals surface area contributed by atoms with E-state index in [2.05, 4.69) is 15.1 Å². The minimum Gasteiger partial charge on any atom is -0.241 e. The molecule has 7 heteroatoms. The van der Waals surface area contributed by atoms with Crippen molar-refractivity contribution in [3.63, 3.8) is 0 Å². The van der Waals surface area contributed by atoms with E-state index in [-0.39, 0.29) is 4.90 Å². The van der Waals surface area contributed by atoms with Crippen LogP contribution in [0.1, 0.15) is 12.7 Å². The van der Waals surface area contributed by atoms with Gasteiger partial charge >= 0.3 is 0 Å². The molecule has 0 aliphatic rings. The smallest absolute Gasteiger partial charge is 0.175 e. The quantitative estimate of drug-likeness (QED) is 0.737. The van der Waals surface area contributed by atoms with Gasteiger partial charge in [-0.25, -0.2) is 23.1 Å². The first-order chi connectivity index (χ1) is 9.99. The van der Waals surface area contributed by atoms with Crippen molar-refractivity contribution in [1.29, 1.82) is 0 Å². The summed E-state index contributed by atoms with van der Waals surface area (Å²) in [6.45, 7) is 1.99. The maximum Gasteiger partial charge on any atom is 0.175 e. The highest BCUT2D eigenvalue weighted by molar-refractivity contribution is 7.90. The molecule has 0 atom stereocenters. The molecule has 0 aliphatic heterocycles. The fourth-order valence-electron chi connectivity index (χ4n) is 2.05. The maximum atomic E-state index is 11.5. The van der Waals surface area contributed by atoms with Crippen LogP contribution in [0.2, 0.25) is 0 Å². The summed E-state index contributed by atoms with van der Waals surface area (Å²) in [7, 11) is -3.20. The van der Waals surface area contributed by atoms with Gasteiger partial charge in [0.05, 0.1) is 22.2 Å². The predicted molar refractivity (Wildman–Crippen MR) is 79.1 cm³/mol. The number of rotatable bonds is 3. The van der Waals surface area contributed by atoms with Crippen LogP contribution in [0.3, 0.4) is 0 Å².